The third-order valence-corrected chi connectivity index (χ3v) is 3.35. The summed E-state index contributed by atoms with van der Waals surface area (Å²) < 4.78 is 21.4. The Morgan fingerprint density at radius 1 is 1.17 bits per heavy atom. The number of nitrogens with one attached hydrogen (secondary N) is 2. The van der Waals surface area contributed by atoms with Gasteiger partial charge in [-0.1, -0.05) is 0 Å². The summed E-state index contributed by atoms with van der Waals surface area (Å²) in [6.07, 6.45) is 3.17. The van der Waals surface area contributed by atoms with Crippen molar-refractivity contribution < 1.29 is 18.9 Å². The second-order valence-electron chi connectivity index (χ2n) is 5.36. The largest absolute Gasteiger partial charge is 0.382 e. The highest BCUT2D eigenvalue weighted by Gasteiger charge is 2.15. The van der Waals surface area contributed by atoms with Crippen LogP contribution in [0, 0.1) is 0 Å². The first-order valence-electron chi connectivity index (χ1n) is 8.65. The number of hydrogen-bond donors (Lipinski definition) is 2. The lowest BCUT2D eigenvalue weighted by Gasteiger charge is -2.13. The highest BCUT2D eigenvalue weighted by atomic mass is 127. The van der Waals surface area contributed by atoms with Gasteiger partial charge in [0.2, 0.25) is 0 Å². The van der Waals surface area contributed by atoms with Crippen LogP contribution in [0.4, 0.5) is 0 Å². The minimum absolute atomic E-state index is 0. The molecule has 0 aliphatic carbocycles. The number of nitrogens with zero attached hydrogens (tertiary/aromatic N) is 1. The molecule has 0 aromatic heterocycles. The van der Waals surface area contributed by atoms with Crippen LogP contribution in [0.2, 0.25) is 0 Å². The van der Waals surface area contributed by atoms with Crippen molar-refractivity contribution in [3.05, 3.63) is 0 Å². The van der Waals surface area contributed by atoms with E-state index in [0.29, 0.717) is 19.8 Å². The molecule has 8 heteroatoms. The first kappa shape index (κ1) is 23.8. The maximum Gasteiger partial charge on any atom is 0.191 e. The van der Waals surface area contributed by atoms with Gasteiger partial charge in [-0.15, -0.1) is 24.0 Å². The normalized spacial score (nSPS) is 17.6. The Morgan fingerprint density at radius 3 is 2.75 bits per heavy atom. The fourth-order valence-corrected chi connectivity index (χ4v) is 2.12. The fraction of sp³-hybridized carbons (Fsp3) is 0.938. The summed E-state index contributed by atoms with van der Waals surface area (Å²) in [7, 11) is 1.68. The van der Waals surface area contributed by atoms with Crippen molar-refractivity contribution in [2.45, 2.75) is 32.3 Å². The highest BCUT2D eigenvalue weighted by molar-refractivity contribution is 14.0. The molecule has 1 heterocycles. The first-order chi connectivity index (χ1) is 11.4. The molecule has 24 heavy (non-hydrogen) atoms. The zero-order valence-electron chi connectivity index (χ0n) is 15.1. The van der Waals surface area contributed by atoms with Gasteiger partial charge in [-0.25, -0.2) is 0 Å². The molecule has 144 valence electrons. The van der Waals surface area contributed by atoms with Crippen molar-refractivity contribution in [2.75, 3.05) is 66.4 Å². The Kier molecular flexibility index (Phi) is 17.5. The minimum Gasteiger partial charge on any atom is -0.382 e. The van der Waals surface area contributed by atoms with Crippen LogP contribution in [0.3, 0.4) is 0 Å². The molecular weight excluding hydrogens is 425 g/mol. The van der Waals surface area contributed by atoms with E-state index in [1.54, 1.807) is 7.11 Å². The lowest BCUT2D eigenvalue weighted by atomic mass is 10.3. The van der Waals surface area contributed by atoms with Crippen LogP contribution >= 0.6 is 24.0 Å². The lowest BCUT2D eigenvalue weighted by molar-refractivity contribution is 0.0420. The Morgan fingerprint density at radius 2 is 2.04 bits per heavy atom. The summed E-state index contributed by atoms with van der Waals surface area (Å²) in [6.45, 7) is 8.84. The van der Waals surface area contributed by atoms with Crippen LogP contribution in [0.15, 0.2) is 4.99 Å². The van der Waals surface area contributed by atoms with Gasteiger partial charge in [-0.2, -0.15) is 0 Å². The summed E-state index contributed by atoms with van der Waals surface area (Å²) in [5, 5.41) is 6.57. The maximum absolute atomic E-state index is 5.74. The molecule has 1 aliphatic rings. The zero-order chi connectivity index (χ0) is 16.6. The number of guanidine groups is 1. The van der Waals surface area contributed by atoms with E-state index in [4.69, 9.17) is 18.9 Å². The molecule has 0 spiro atoms. The minimum atomic E-state index is 0. The molecule has 0 amide bonds. The maximum atomic E-state index is 5.74. The predicted octanol–water partition coefficient (Wildman–Crippen LogP) is 1.41. The van der Waals surface area contributed by atoms with Crippen LogP contribution in [0.1, 0.15) is 26.2 Å². The van der Waals surface area contributed by atoms with Crippen molar-refractivity contribution >= 4 is 29.9 Å². The Hall–Kier alpha value is -0.160. The molecule has 0 bridgehead atoms. The van der Waals surface area contributed by atoms with Crippen molar-refractivity contribution in [3.8, 4) is 0 Å². The van der Waals surface area contributed by atoms with Gasteiger partial charge in [0.1, 0.15) is 0 Å². The molecule has 1 unspecified atom stereocenters. The fourth-order valence-electron chi connectivity index (χ4n) is 2.12. The van der Waals surface area contributed by atoms with Crippen LogP contribution in [0.25, 0.3) is 0 Å². The molecule has 0 aromatic carbocycles. The Labute approximate surface area is 163 Å². The van der Waals surface area contributed by atoms with Crippen LogP contribution in [-0.2, 0) is 18.9 Å². The third-order valence-electron chi connectivity index (χ3n) is 3.35. The van der Waals surface area contributed by atoms with E-state index >= 15 is 0 Å². The van der Waals surface area contributed by atoms with Gasteiger partial charge in [0.05, 0.1) is 25.9 Å². The van der Waals surface area contributed by atoms with E-state index in [-0.39, 0.29) is 30.1 Å². The molecule has 0 radical (unpaired) electrons. The Balaban J connectivity index is 0.00000529. The molecule has 2 N–H and O–H groups in total. The van der Waals surface area contributed by atoms with Gasteiger partial charge >= 0.3 is 0 Å². The molecule has 0 saturated carbocycles. The van der Waals surface area contributed by atoms with E-state index in [0.717, 1.165) is 64.7 Å². The number of halogens is 1. The number of ether oxygens (including phenoxy) is 4. The average molecular weight is 459 g/mol. The highest BCUT2D eigenvalue weighted by Crippen LogP contribution is 2.07. The van der Waals surface area contributed by atoms with Crippen molar-refractivity contribution in [1.29, 1.82) is 0 Å². The van der Waals surface area contributed by atoms with E-state index in [1.807, 2.05) is 0 Å². The second kappa shape index (κ2) is 17.7. The molecule has 1 fully saturated rings. The zero-order valence-corrected chi connectivity index (χ0v) is 17.4. The van der Waals surface area contributed by atoms with Gasteiger partial charge in [0, 0.05) is 46.6 Å². The van der Waals surface area contributed by atoms with E-state index in [2.05, 4.69) is 22.5 Å². The number of hydrogen-bond acceptors (Lipinski definition) is 5. The van der Waals surface area contributed by atoms with E-state index < -0.39 is 0 Å². The van der Waals surface area contributed by atoms with Crippen molar-refractivity contribution in [1.82, 2.24) is 10.6 Å². The summed E-state index contributed by atoms with van der Waals surface area (Å²) in [4.78, 5) is 4.53. The number of aliphatic imine (C=N–C) groups is 1. The molecule has 1 atom stereocenters. The molecule has 0 aromatic rings. The lowest BCUT2D eigenvalue weighted by Crippen LogP contribution is -2.38. The Bertz CT molecular complexity index is 303. The predicted molar refractivity (Wildman–Crippen MR) is 107 cm³/mol. The topological polar surface area (TPSA) is 73.3 Å². The molecule has 1 rings (SSSR count). The van der Waals surface area contributed by atoms with Gasteiger partial charge in [-0.3, -0.25) is 4.99 Å². The van der Waals surface area contributed by atoms with E-state index in [9.17, 15) is 0 Å². The van der Waals surface area contributed by atoms with Crippen LogP contribution in [0.5, 0.6) is 0 Å². The first-order valence-corrected chi connectivity index (χ1v) is 8.65. The van der Waals surface area contributed by atoms with Crippen molar-refractivity contribution in [2.24, 2.45) is 4.99 Å². The SMILES string of the molecule is CCNC(=NCCCOCCOC)NCCCOC1CCOC1.I. The summed E-state index contributed by atoms with van der Waals surface area (Å²) in [6, 6.07) is 0. The molecule has 7 nitrogen and oxygen atoms in total. The standard InChI is InChI=1S/C16H33N3O4.HI/c1-3-17-16(18-7-4-9-21-13-12-20-2)19-8-5-10-23-15-6-11-22-14-15;/h15H,3-14H2,1-2H3,(H2,17,18,19);1H. The molecular formula is C16H34IN3O4. The van der Waals surface area contributed by atoms with Crippen LogP contribution in [-0.4, -0.2) is 78.4 Å². The van der Waals surface area contributed by atoms with Crippen molar-refractivity contribution in [3.63, 3.8) is 0 Å². The van der Waals surface area contributed by atoms with Gasteiger partial charge in [0.25, 0.3) is 0 Å². The smallest absolute Gasteiger partial charge is 0.191 e. The second-order valence-corrected chi connectivity index (χ2v) is 5.36. The average Bonchev–Trinajstić information content (AvgIpc) is 3.07. The van der Waals surface area contributed by atoms with Gasteiger partial charge in [-0.05, 0) is 26.2 Å². The number of methoxy groups -OCH3 is 1. The number of rotatable bonds is 13. The van der Waals surface area contributed by atoms with Gasteiger partial charge in [0.15, 0.2) is 5.96 Å². The summed E-state index contributed by atoms with van der Waals surface area (Å²) >= 11 is 0. The summed E-state index contributed by atoms with van der Waals surface area (Å²) in [5.41, 5.74) is 0. The quantitative estimate of drug-likeness (QED) is 0.188. The van der Waals surface area contributed by atoms with Gasteiger partial charge < -0.3 is 29.6 Å². The molecule has 1 aliphatic heterocycles. The summed E-state index contributed by atoms with van der Waals surface area (Å²) in [5.74, 6) is 0.855. The third kappa shape index (κ3) is 13.2. The van der Waals surface area contributed by atoms with E-state index in [1.165, 1.54) is 0 Å². The monoisotopic (exact) mass is 459 g/mol. The molecule has 1 saturated heterocycles. The van der Waals surface area contributed by atoms with Crippen LogP contribution < -0.4 is 10.6 Å².